The highest BCUT2D eigenvalue weighted by molar-refractivity contribution is 6.36. The highest BCUT2D eigenvalue weighted by Crippen LogP contribution is 2.30. The smallest absolute Gasteiger partial charge is 0.278 e. The molecular formula is C22H24N2O2. The maximum atomic E-state index is 13.0. The molecule has 0 bridgehead atoms. The van der Waals surface area contributed by atoms with Gasteiger partial charge in [0.1, 0.15) is 5.70 Å². The normalized spacial score (nSPS) is 14.5. The van der Waals surface area contributed by atoms with Crippen molar-refractivity contribution >= 4 is 23.1 Å². The van der Waals surface area contributed by atoms with Gasteiger partial charge in [-0.25, -0.2) is 0 Å². The van der Waals surface area contributed by atoms with Crippen LogP contribution in [0.1, 0.15) is 31.9 Å². The van der Waals surface area contributed by atoms with Gasteiger partial charge in [0.2, 0.25) is 0 Å². The largest absolute Gasteiger partial charge is 0.350 e. The van der Waals surface area contributed by atoms with Gasteiger partial charge in [0, 0.05) is 12.2 Å². The summed E-state index contributed by atoms with van der Waals surface area (Å²) in [5, 5.41) is 3.19. The standard InChI is InChI=1S/C22H24N2O2/c1-4-16-10-12-18(13-11-16)23-20-19(17-8-6-5-7-9-17)21(25)24(22(20)26)14-15(2)3/h5-13,15,23H,4,14H2,1-3H3. The first-order chi connectivity index (χ1) is 12.5. The number of rotatable bonds is 6. The Balaban J connectivity index is 2.01. The fraction of sp³-hybridized carbons (Fsp3) is 0.273. The van der Waals surface area contributed by atoms with Crippen LogP contribution in [-0.2, 0) is 16.0 Å². The Morgan fingerprint density at radius 2 is 1.58 bits per heavy atom. The molecule has 2 aromatic carbocycles. The van der Waals surface area contributed by atoms with Crippen molar-refractivity contribution in [2.24, 2.45) is 5.92 Å². The van der Waals surface area contributed by atoms with Gasteiger partial charge in [-0.1, -0.05) is 63.2 Å². The first-order valence-electron chi connectivity index (χ1n) is 9.03. The van der Waals surface area contributed by atoms with E-state index in [4.69, 9.17) is 0 Å². The predicted octanol–water partition coefficient (Wildman–Crippen LogP) is 4.10. The van der Waals surface area contributed by atoms with Gasteiger partial charge in [-0.15, -0.1) is 0 Å². The maximum Gasteiger partial charge on any atom is 0.278 e. The minimum Gasteiger partial charge on any atom is -0.350 e. The fourth-order valence-electron chi connectivity index (χ4n) is 3.06. The first kappa shape index (κ1) is 17.9. The summed E-state index contributed by atoms with van der Waals surface area (Å²) in [6, 6.07) is 17.3. The summed E-state index contributed by atoms with van der Waals surface area (Å²) in [5.74, 6) is -0.284. The molecule has 0 aliphatic carbocycles. The van der Waals surface area contributed by atoms with Gasteiger partial charge >= 0.3 is 0 Å². The van der Waals surface area contributed by atoms with Crippen molar-refractivity contribution in [1.29, 1.82) is 0 Å². The average molecular weight is 348 g/mol. The van der Waals surface area contributed by atoms with E-state index in [2.05, 4.69) is 12.2 Å². The number of benzene rings is 2. The van der Waals surface area contributed by atoms with E-state index in [-0.39, 0.29) is 17.7 Å². The summed E-state index contributed by atoms with van der Waals surface area (Å²) >= 11 is 0. The van der Waals surface area contributed by atoms with Crippen LogP contribution in [0, 0.1) is 5.92 Å². The lowest BCUT2D eigenvalue weighted by Crippen LogP contribution is -2.35. The van der Waals surface area contributed by atoms with Gasteiger partial charge in [0.15, 0.2) is 0 Å². The van der Waals surface area contributed by atoms with Crippen molar-refractivity contribution in [1.82, 2.24) is 4.90 Å². The number of hydrogen-bond acceptors (Lipinski definition) is 3. The molecule has 0 fully saturated rings. The molecule has 1 N–H and O–H groups in total. The summed E-state index contributed by atoms with van der Waals surface area (Å²) < 4.78 is 0. The molecule has 0 saturated carbocycles. The van der Waals surface area contributed by atoms with Crippen molar-refractivity contribution in [3.8, 4) is 0 Å². The van der Waals surface area contributed by atoms with Crippen LogP contribution in [0.2, 0.25) is 0 Å². The Morgan fingerprint density at radius 1 is 0.923 bits per heavy atom. The van der Waals surface area contributed by atoms with Crippen molar-refractivity contribution < 1.29 is 9.59 Å². The lowest BCUT2D eigenvalue weighted by molar-refractivity contribution is -0.137. The summed E-state index contributed by atoms with van der Waals surface area (Å²) in [5.41, 5.74) is 3.58. The molecule has 1 heterocycles. The number of nitrogens with one attached hydrogen (secondary N) is 1. The van der Waals surface area contributed by atoms with E-state index in [1.165, 1.54) is 10.5 Å². The predicted molar refractivity (Wildman–Crippen MR) is 104 cm³/mol. The molecule has 1 aliphatic rings. The van der Waals surface area contributed by atoms with E-state index in [0.717, 1.165) is 17.7 Å². The van der Waals surface area contributed by atoms with Crippen LogP contribution in [0.3, 0.4) is 0 Å². The molecule has 0 spiro atoms. The molecule has 0 radical (unpaired) electrons. The zero-order chi connectivity index (χ0) is 18.7. The van der Waals surface area contributed by atoms with Gasteiger partial charge < -0.3 is 5.32 Å². The molecule has 1 aliphatic heterocycles. The number of aryl methyl sites for hydroxylation is 1. The van der Waals surface area contributed by atoms with Crippen molar-refractivity contribution in [3.05, 3.63) is 71.4 Å². The average Bonchev–Trinajstić information content (AvgIpc) is 2.87. The number of carbonyl (C=O) groups excluding carboxylic acids is 2. The van der Waals surface area contributed by atoms with E-state index >= 15 is 0 Å². The molecule has 2 amide bonds. The number of hydrogen-bond donors (Lipinski definition) is 1. The molecule has 2 aromatic rings. The second-order valence-corrected chi connectivity index (χ2v) is 6.91. The van der Waals surface area contributed by atoms with Gasteiger partial charge in [0.25, 0.3) is 11.8 Å². The highest BCUT2D eigenvalue weighted by atomic mass is 16.2. The quantitative estimate of drug-likeness (QED) is 0.800. The minimum absolute atomic E-state index is 0.211. The summed E-state index contributed by atoms with van der Waals surface area (Å²) in [7, 11) is 0. The summed E-state index contributed by atoms with van der Waals surface area (Å²) in [4.78, 5) is 27.3. The van der Waals surface area contributed by atoms with Crippen LogP contribution in [-0.4, -0.2) is 23.3 Å². The number of amides is 2. The van der Waals surface area contributed by atoms with Gasteiger partial charge in [-0.05, 0) is 35.6 Å². The molecule has 4 heteroatoms. The number of carbonyl (C=O) groups is 2. The van der Waals surface area contributed by atoms with Crippen molar-refractivity contribution in [3.63, 3.8) is 0 Å². The Bertz CT molecular complexity index is 836. The van der Waals surface area contributed by atoms with E-state index in [0.29, 0.717) is 17.8 Å². The fourth-order valence-corrected chi connectivity index (χ4v) is 3.06. The van der Waals surface area contributed by atoms with Crippen LogP contribution in [0.15, 0.2) is 60.3 Å². The van der Waals surface area contributed by atoms with E-state index in [1.54, 1.807) is 0 Å². The lowest BCUT2D eigenvalue weighted by atomic mass is 10.0. The van der Waals surface area contributed by atoms with Gasteiger partial charge in [-0.3, -0.25) is 14.5 Å². The second-order valence-electron chi connectivity index (χ2n) is 6.91. The molecule has 0 unspecified atom stereocenters. The van der Waals surface area contributed by atoms with Gasteiger partial charge in [-0.2, -0.15) is 0 Å². The summed E-state index contributed by atoms with van der Waals surface area (Å²) in [6.07, 6.45) is 0.956. The van der Waals surface area contributed by atoms with Crippen LogP contribution in [0.4, 0.5) is 5.69 Å². The third-order valence-corrected chi connectivity index (χ3v) is 4.41. The van der Waals surface area contributed by atoms with Gasteiger partial charge in [0.05, 0.1) is 5.57 Å². The zero-order valence-electron chi connectivity index (χ0n) is 15.5. The molecule has 0 saturated heterocycles. The van der Waals surface area contributed by atoms with Crippen LogP contribution in [0.25, 0.3) is 5.57 Å². The van der Waals surface area contributed by atoms with Crippen LogP contribution >= 0.6 is 0 Å². The van der Waals surface area contributed by atoms with E-state index < -0.39 is 0 Å². The van der Waals surface area contributed by atoms with Crippen molar-refractivity contribution in [2.75, 3.05) is 11.9 Å². The third-order valence-electron chi connectivity index (χ3n) is 4.41. The molecule has 134 valence electrons. The Labute approximate surface area is 154 Å². The summed E-state index contributed by atoms with van der Waals surface area (Å²) in [6.45, 7) is 6.50. The SMILES string of the molecule is CCc1ccc(NC2=C(c3ccccc3)C(=O)N(CC(C)C)C2=O)cc1. The number of nitrogens with zero attached hydrogens (tertiary/aromatic N) is 1. The van der Waals surface area contributed by atoms with Crippen molar-refractivity contribution in [2.45, 2.75) is 27.2 Å². The van der Waals surface area contributed by atoms with Crippen LogP contribution < -0.4 is 5.32 Å². The van der Waals surface area contributed by atoms with E-state index in [9.17, 15) is 9.59 Å². The Kier molecular flexibility index (Phi) is 5.21. The number of imide groups is 1. The molecule has 3 rings (SSSR count). The topological polar surface area (TPSA) is 49.4 Å². The zero-order valence-corrected chi connectivity index (χ0v) is 15.5. The number of anilines is 1. The molecule has 4 nitrogen and oxygen atoms in total. The Hall–Kier alpha value is -2.88. The second kappa shape index (κ2) is 7.56. The third kappa shape index (κ3) is 3.54. The monoisotopic (exact) mass is 348 g/mol. The minimum atomic E-state index is -0.262. The molecule has 26 heavy (non-hydrogen) atoms. The Morgan fingerprint density at radius 3 is 2.15 bits per heavy atom. The molecular weight excluding hydrogens is 324 g/mol. The maximum absolute atomic E-state index is 13.0. The first-order valence-corrected chi connectivity index (χ1v) is 9.03. The molecule has 0 atom stereocenters. The lowest BCUT2D eigenvalue weighted by Gasteiger charge is -2.17. The highest BCUT2D eigenvalue weighted by Gasteiger charge is 2.39. The van der Waals surface area contributed by atoms with Crippen LogP contribution in [0.5, 0.6) is 0 Å². The molecule has 0 aromatic heterocycles. The van der Waals surface area contributed by atoms with E-state index in [1.807, 2.05) is 68.4 Å².